The van der Waals surface area contributed by atoms with E-state index >= 15 is 0 Å². The van der Waals surface area contributed by atoms with Crippen LogP contribution in [-0.4, -0.2) is 15.8 Å². The van der Waals surface area contributed by atoms with Gasteiger partial charge in [-0.15, -0.1) is 0 Å². The minimum atomic E-state index is -4.38. The zero-order valence-corrected chi connectivity index (χ0v) is 9.55. The first-order valence-corrected chi connectivity index (χ1v) is 4.87. The molecule has 0 saturated heterocycles. The Morgan fingerprint density at radius 1 is 1.35 bits per heavy atom. The van der Waals surface area contributed by atoms with Gasteiger partial charge in [-0.1, -0.05) is 6.07 Å². The largest absolute Gasteiger partial charge is 0.433 e. The lowest BCUT2D eigenvalue weighted by Gasteiger charge is -2.09. The first-order valence-electron chi connectivity index (χ1n) is 4.53. The number of alkyl halides is 3. The number of hydrazine groups is 2. The van der Waals surface area contributed by atoms with Crippen molar-refractivity contribution in [3.8, 4) is 0 Å². The van der Waals surface area contributed by atoms with Gasteiger partial charge in [0.05, 0.1) is 0 Å². The maximum atomic E-state index is 11.7. The monoisotopic (exact) mass is 266 g/mol. The second kappa shape index (κ2) is 5.74. The molecule has 94 valence electrons. The lowest BCUT2D eigenvalue weighted by molar-refractivity contribution is -0.0984. The van der Waals surface area contributed by atoms with Crippen LogP contribution < -0.4 is 10.9 Å². The highest BCUT2D eigenvalue weighted by Crippen LogP contribution is 2.24. The molecule has 0 unspecified atom stereocenters. The molecule has 1 aromatic heterocycles. The number of nitrogens with one attached hydrogen (secondary N) is 2. The van der Waals surface area contributed by atoms with E-state index in [4.69, 9.17) is 11.8 Å². The van der Waals surface area contributed by atoms with Crippen LogP contribution in [0.2, 0.25) is 0 Å². The third kappa shape index (κ3) is 4.92. The summed E-state index contributed by atoms with van der Waals surface area (Å²) in [4.78, 5) is 3.98. The number of nitrogens with zero attached hydrogens (tertiary/aromatic N) is 2. The molecule has 0 atom stereocenters. The predicted molar refractivity (Wildman–Crippen MR) is 57.1 cm³/mol. The average Bonchev–Trinajstić information content (AvgIpc) is 2.66. The Morgan fingerprint density at radius 2 is 2.06 bits per heavy atom. The molecule has 0 spiro atoms. The topological polar surface area (TPSA) is 40.2 Å². The molecule has 1 aliphatic rings. The lowest BCUT2D eigenvalue weighted by Crippen LogP contribution is -2.33. The Balaban J connectivity index is 0.000000181. The molecule has 0 saturated carbocycles. The SMILES string of the molecule is Cc1ccccn1.FC(F)(F)C1=CNN(Cl)N1. The van der Waals surface area contributed by atoms with Gasteiger partial charge in [-0.2, -0.15) is 13.2 Å². The molecule has 8 heteroatoms. The normalized spacial score (nSPS) is 15.2. The van der Waals surface area contributed by atoms with Crippen molar-refractivity contribution in [2.45, 2.75) is 13.1 Å². The zero-order valence-electron chi connectivity index (χ0n) is 8.79. The fourth-order valence-corrected chi connectivity index (χ4v) is 1.02. The van der Waals surface area contributed by atoms with Gasteiger partial charge in [0.1, 0.15) is 0 Å². The molecule has 2 heterocycles. The molecular weight excluding hydrogens is 257 g/mol. The van der Waals surface area contributed by atoms with Crippen molar-refractivity contribution >= 4 is 11.8 Å². The number of halogens is 4. The number of rotatable bonds is 0. The standard InChI is InChI=1S/C6H7N.C3H3ClF3N3/c1-6-4-2-3-5-7-6;4-10-8-1-2(9-10)3(5,6)7/h2-5H,1H3;1,8-9H. The molecule has 2 N–H and O–H groups in total. The second-order valence-electron chi connectivity index (χ2n) is 3.05. The molecule has 2 rings (SSSR count). The Bertz CT molecular complexity index is 380. The highest BCUT2D eigenvalue weighted by molar-refractivity contribution is 6.12. The quantitative estimate of drug-likeness (QED) is 0.707. The van der Waals surface area contributed by atoms with Crippen LogP contribution >= 0.6 is 11.8 Å². The maximum Gasteiger partial charge on any atom is 0.433 e. The maximum absolute atomic E-state index is 11.7. The highest BCUT2D eigenvalue weighted by atomic mass is 35.5. The van der Waals surface area contributed by atoms with Crippen molar-refractivity contribution < 1.29 is 13.2 Å². The number of pyridine rings is 1. The van der Waals surface area contributed by atoms with E-state index in [9.17, 15) is 13.2 Å². The summed E-state index contributed by atoms with van der Waals surface area (Å²) in [5, 5.41) is 0. The summed E-state index contributed by atoms with van der Waals surface area (Å²) in [6, 6.07) is 5.86. The second-order valence-corrected chi connectivity index (χ2v) is 3.39. The van der Waals surface area contributed by atoms with Crippen LogP contribution in [0.15, 0.2) is 36.3 Å². The van der Waals surface area contributed by atoms with E-state index in [1.54, 1.807) is 6.20 Å². The summed E-state index contributed by atoms with van der Waals surface area (Å²) in [6.45, 7) is 1.97. The molecule has 0 bridgehead atoms. The van der Waals surface area contributed by atoms with Crippen LogP contribution in [0.4, 0.5) is 13.2 Å². The van der Waals surface area contributed by atoms with Gasteiger partial charge in [0.2, 0.25) is 0 Å². The van der Waals surface area contributed by atoms with Gasteiger partial charge in [0.25, 0.3) is 0 Å². The van der Waals surface area contributed by atoms with Crippen molar-refractivity contribution in [2.75, 3.05) is 0 Å². The Hall–Kier alpha value is -1.47. The molecule has 0 fully saturated rings. The van der Waals surface area contributed by atoms with Crippen molar-refractivity contribution in [2.24, 2.45) is 0 Å². The number of aryl methyl sites for hydroxylation is 1. The van der Waals surface area contributed by atoms with Gasteiger partial charge in [-0.3, -0.25) is 15.8 Å². The smallest absolute Gasteiger partial charge is 0.292 e. The molecule has 0 radical (unpaired) electrons. The summed E-state index contributed by atoms with van der Waals surface area (Å²) >= 11 is 5.07. The first-order chi connectivity index (χ1) is 7.89. The van der Waals surface area contributed by atoms with Gasteiger partial charge in [-0.25, -0.2) is 0 Å². The fraction of sp³-hybridized carbons (Fsp3) is 0.222. The molecule has 1 aromatic rings. The lowest BCUT2D eigenvalue weighted by atomic mass is 10.4. The molecule has 4 nitrogen and oxygen atoms in total. The van der Waals surface area contributed by atoms with E-state index in [2.05, 4.69) is 10.4 Å². The van der Waals surface area contributed by atoms with E-state index in [0.717, 1.165) is 11.9 Å². The van der Waals surface area contributed by atoms with Crippen molar-refractivity contribution in [1.82, 2.24) is 20.5 Å². The van der Waals surface area contributed by atoms with Crippen LogP contribution in [0.25, 0.3) is 0 Å². The Morgan fingerprint density at radius 3 is 2.29 bits per heavy atom. The number of aromatic nitrogens is 1. The summed E-state index contributed by atoms with van der Waals surface area (Å²) in [5.74, 6) is 0. The van der Waals surface area contributed by atoms with Crippen molar-refractivity contribution in [3.63, 3.8) is 0 Å². The fourth-order valence-electron chi connectivity index (χ4n) is 0.885. The number of hydrogen-bond acceptors (Lipinski definition) is 4. The third-order valence-electron chi connectivity index (χ3n) is 1.66. The highest BCUT2D eigenvalue weighted by Gasteiger charge is 2.37. The number of hydrogen-bond donors (Lipinski definition) is 2. The van der Waals surface area contributed by atoms with Gasteiger partial charge < -0.3 is 0 Å². The van der Waals surface area contributed by atoms with Gasteiger partial charge in [0, 0.05) is 29.9 Å². The van der Waals surface area contributed by atoms with E-state index in [0.29, 0.717) is 4.64 Å². The van der Waals surface area contributed by atoms with Gasteiger partial charge in [0.15, 0.2) is 5.70 Å². The number of allylic oxidation sites excluding steroid dienone is 1. The summed E-state index contributed by atoms with van der Waals surface area (Å²) in [7, 11) is 0. The van der Waals surface area contributed by atoms with E-state index < -0.39 is 11.9 Å². The minimum absolute atomic E-state index is 0.586. The zero-order chi connectivity index (χ0) is 12.9. The molecule has 0 aliphatic carbocycles. The van der Waals surface area contributed by atoms with E-state index in [1.165, 1.54) is 0 Å². The van der Waals surface area contributed by atoms with Crippen LogP contribution in [0.3, 0.4) is 0 Å². The first kappa shape index (κ1) is 13.6. The summed E-state index contributed by atoms with van der Waals surface area (Å²) in [6.07, 6.45) is -1.86. The van der Waals surface area contributed by atoms with Gasteiger partial charge >= 0.3 is 6.18 Å². The molecule has 0 aromatic carbocycles. The molecule has 0 amide bonds. The van der Waals surface area contributed by atoms with E-state index in [-0.39, 0.29) is 0 Å². The predicted octanol–water partition coefficient (Wildman–Crippen LogP) is 2.26. The molecule has 1 aliphatic heterocycles. The minimum Gasteiger partial charge on any atom is -0.292 e. The van der Waals surface area contributed by atoms with Crippen molar-refractivity contribution in [3.05, 3.63) is 42.0 Å². The Kier molecular flexibility index (Phi) is 4.59. The van der Waals surface area contributed by atoms with Crippen LogP contribution in [-0.2, 0) is 0 Å². The van der Waals surface area contributed by atoms with Crippen LogP contribution in [0.5, 0.6) is 0 Å². The van der Waals surface area contributed by atoms with Gasteiger partial charge in [-0.05, 0) is 23.7 Å². The molecule has 17 heavy (non-hydrogen) atoms. The Labute approximate surface area is 101 Å². The summed E-state index contributed by atoms with van der Waals surface area (Å²) in [5.41, 5.74) is 4.06. The third-order valence-corrected chi connectivity index (χ3v) is 1.84. The van der Waals surface area contributed by atoms with E-state index in [1.807, 2.05) is 30.5 Å². The van der Waals surface area contributed by atoms with Crippen molar-refractivity contribution in [1.29, 1.82) is 0 Å². The summed E-state index contributed by atoms with van der Waals surface area (Å²) < 4.78 is 35.6. The van der Waals surface area contributed by atoms with Crippen LogP contribution in [0.1, 0.15) is 5.69 Å². The average molecular weight is 267 g/mol. The van der Waals surface area contributed by atoms with Crippen LogP contribution in [0, 0.1) is 6.92 Å². The molecular formula is C9H10ClF3N4.